The lowest BCUT2D eigenvalue weighted by molar-refractivity contribution is 0.676. The number of rotatable bonds is 7. The average Bonchev–Trinajstić information content (AvgIpc) is 3.36. The van der Waals surface area contributed by atoms with Crippen molar-refractivity contribution < 1.29 is 0 Å². The summed E-state index contributed by atoms with van der Waals surface area (Å²) in [6, 6.07) is 14.7. The number of pyridine rings is 1. The second kappa shape index (κ2) is 9.53. The number of hydrogen-bond donors (Lipinski definition) is 1. The quantitative estimate of drug-likeness (QED) is 0.676. The molecule has 1 fully saturated rings. The van der Waals surface area contributed by atoms with E-state index in [0.717, 1.165) is 38.5 Å². The molecule has 0 amide bonds. The van der Waals surface area contributed by atoms with Gasteiger partial charge in [-0.15, -0.1) is 12.4 Å². The molecule has 142 valence electrons. The topological polar surface area (TPSA) is 46.0 Å². The Bertz CT molecular complexity index is 810. The molecule has 0 bridgehead atoms. The first-order valence-electron chi connectivity index (χ1n) is 9.33. The van der Waals surface area contributed by atoms with Crippen LogP contribution in [0.15, 0.2) is 61.1 Å². The van der Waals surface area contributed by atoms with Crippen LogP contribution in [-0.4, -0.2) is 27.9 Å². The largest absolute Gasteiger partial charge is 0.357 e. The highest BCUT2D eigenvalue weighted by molar-refractivity contribution is 5.85. The Morgan fingerprint density at radius 3 is 2.37 bits per heavy atom. The highest BCUT2D eigenvalue weighted by atomic mass is 35.5. The molecule has 1 aliphatic heterocycles. The van der Waals surface area contributed by atoms with Crippen molar-refractivity contribution in [2.45, 2.75) is 32.5 Å². The van der Waals surface area contributed by atoms with Crippen molar-refractivity contribution in [2.75, 3.05) is 18.0 Å². The highest BCUT2D eigenvalue weighted by Crippen LogP contribution is 2.17. The summed E-state index contributed by atoms with van der Waals surface area (Å²) < 4.78 is 1.98. The summed E-state index contributed by atoms with van der Waals surface area (Å²) in [5.41, 5.74) is 3.67. The number of benzene rings is 1. The zero-order valence-electron chi connectivity index (χ0n) is 15.4. The van der Waals surface area contributed by atoms with Gasteiger partial charge in [0.25, 0.3) is 0 Å². The van der Waals surface area contributed by atoms with Crippen molar-refractivity contribution in [1.29, 1.82) is 0 Å². The van der Waals surface area contributed by atoms with Crippen LogP contribution >= 0.6 is 12.4 Å². The molecule has 0 saturated carbocycles. The van der Waals surface area contributed by atoms with Crippen molar-refractivity contribution in [1.82, 2.24) is 20.1 Å². The number of hydrogen-bond acceptors (Lipinski definition) is 4. The fourth-order valence-corrected chi connectivity index (χ4v) is 3.36. The molecule has 1 N–H and O–H groups in total. The van der Waals surface area contributed by atoms with Crippen molar-refractivity contribution in [3.05, 3.63) is 77.7 Å². The van der Waals surface area contributed by atoms with E-state index in [1.807, 2.05) is 23.1 Å². The predicted octanol–water partition coefficient (Wildman–Crippen LogP) is 3.64. The molecule has 3 aromatic rings. The SMILES string of the molecule is Cl.c1ccc(Cn2cc(CNCc3ccc(N4CCCC4)nc3)cn2)cc1. The Labute approximate surface area is 166 Å². The normalized spacial score (nSPS) is 13.6. The molecule has 6 heteroatoms. The minimum absolute atomic E-state index is 0. The van der Waals surface area contributed by atoms with Gasteiger partial charge in [-0.1, -0.05) is 36.4 Å². The second-order valence-electron chi connectivity index (χ2n) is 6.85. The van der Waals surface area contributed by atoms with Crippen LogP contribution < -0.4 is 10.2 Å². The summed E-state index contributed by atoms with van der Waals surface area (Å²) in [7, 11) is 0. The van der Waals surface area contributed by atoms with Crippen LogP contribution in [0.3, 0.4) is 0 Å². The second-order valence-corrected chi connectivity index (χ2v) is 6.85. The van der Waals surface area contributed by atoms with Gasteiger partial charge in [0.15, 0.2) is 0 Å². The maximum Gasteiger partial charge on any atom is 0.128 e. The van der Waals surface area contributed by atoms with Crippen LogP contribution in [0.25, 0.3) is 0 Å². The van der Waals surface area contributed by atoms with E-state index in [2.05, 4.69) is 62.9 Å². The fourth-order valence-electron chi connectivity index (χ4n) is 3.36. The van der Waals surface area contributed by atoms with Crippen molar-refractivity contribution >= 4 is 18.2 Å². The van der Waals surface area contributed by atoms with Crippen LogP contribution in [0.5, 0.6) is 0 Å². The van der Waals surface area contributed by atoms with E-state index in [9.17, 15) is 0 Å². The van der Waals surface area contributed by atoms with Crippen LogP contribution in [-0.2, 0) is 19.6 Å². The van der Waals surface area contributed by atoms with E-state index in [1.54, 1.807) is 0 Å². The summed E-state index contributed by atoms with van der Waals surface area (Å²) in [5, 5.41) is 7.93. The van der Waals surface area contributed by atoms with E-state index in [1.165, 1.54) is 29.5 Å². The van der Waals surface area contributed by atoms with Gasteiger partial charge >= 0.3 is 0 Å². The Balaban J connectivity index is 0.00000210. The minimum Gasteiger partial charge on any atom is -0.357 e. The van der Waals surface area contributed by atoms with Crippen LogP contribution in [0.2, 0.25) is 0 Å². The first-order chi connectivity index (χ1) is 12.9. The number of halogens is 1. The molecule has 2 aromatic heterocycles. The van der Waals surface area contributed by atoms with Crippen molar-refractivity contribution in [3.8, 4) is 0 Å². The molecule has 4 rings (SSSR count). The number of nitrogens with one attached hydrogen (secondary N) is 1. The van der Waals surface area contributed by atoms with Gasteiger partial charge in [-0.2, -0.15) is 5.10 Å². The molecule has 0 atom stereocenters. The van der Waals surface area contributed by atoms with Gasteiger partial charge in [0, 0.05) is 44.1 Å². The van der Waals surface area contributed by atoms with Gasteiger partial charge in [-0.05, 0) is 30.0 Å². The Morgan fingerprint density at radius 2 is 1.63 bits per heavy atom. The zero-order valence-corrected chi connectivity index (χ0v) is 16.2. The number of aromatic nitrogens is 3. The van der Waals surface area contributed by atoms with Crippen LogP contribution in [0.1, 0.15) is 29.5 Å². The van der Waals surface area contributed by atoms with E-state index in [0.29, 0.717) is 0 Å². The van der Waals surface area contributed by atoms with Gasteiger partial charge < -0.3 is 10.2 Å². The molecule has 1 aromatic carbocycles. The number of nitrogens with zero attached hydrogens (tertiary/aromatic N) is 4. The summed E-state index contributed by atoms with van der Waals surface area (Å²) in [5.74, 6) is 1.11. The molecule has 1 saturated heterocycles. The third kappa shape index (κ3) is 5.31. The third-order valence-electron chi connectivity index (χ3n) is 4.77. The van der Waals surface area contributed by atoms with Crippen LogP contribution in [0.4, 0.5) is 5.82 Å². The minimum atomic E-state index is 0. The zero-order chi connectivity index (χ0) is 17.6. The Hall–Kier alpha value is -2.37. The summed E-state index contributed by atoms with van der Waals surface area (Å²) in [4.78, 5) is 6.97. The van der Waals surface area contributed by atoms with Gasteiger partial charge in [0.05, 0.1) is 12.7 Å². The molecule has 5 nitrogen and oxygen atoms in total. The standard InChI is InChI=1S/C21H25N5.ClH/c1-2-6-18(7-3-1)16-26-17-20(15-24-26)13-22-12-19-8-9-21(23-14-19)25-10-4-5-11-25;/h1-3,6-9,14-15,17,22H,4-5,10-13,16H2;1H. The van der Waals surface area contributed by atoms with Gasteiger partial charge in [0.2, 0.25) is 0 Å². The monoisotopic (exact) mass is 383 g/mol. The van der Waals surface area contributed by atoms with Gasteiger partial charge in [-0.25, -0.2) is 4.98 Å². The lowest BCUT2D eigenvalue weighted by Crippen LogP contribution is -2.19. The third-order valence-corrected chi connectivity index (χ3v) is 4.77. The van der Waals surface area contributed by atoms with Crippen molar-refractivity contribution in [2.24, 2.45) is 0 Å². The first kappa shape index (κ1) is 19.4. The molecular formula is C21H26ClN5. The van der Waals surface area contributed by atoms with E-state index in [-0.39, 0.29) is 12.4 Å². The summed E-state index contributed by atoms with van der Waals surface area (Å²) in [6.45, 7) is 4.71. The molecule has 0 radical (unpaired) electrons. The average molecular weight is 384 g/mol. The fraction of sp³-hybridized carbons (Fsp3) is 0.333. The molecule has 0 spiro atoms. The molecule has 3 heterocycles. The highest BCUT2D eigenvalue weighted by Gasteiger charge is 2.12. The van der Waals surface area contributed by atoms with Gasteiger partial charge in [0.1, 0.15) is 5.82 Å². The molecule has 27 heavy (non-hydrogen) atoms. The lowest BCUT2D eigenvalue weighted by atomic mass is 10.2. The molecule has 0 aliphatic carbocycles. The van der Waals surface area contributed by atoms with Crippen LogP contribution in [0, 0.1) is 0 Å². The maximum atomic E-state index is 4.61. The molecular weight excluding hydrogens is 358 g/mol. The lowest BCUT2D eigenvalue weighted by Gasteiger charge is -2.16. The Kier molecular flexibility index (Phi) is 6.85. The maximum absolute atomic E-state index is 4.61. The predicted molar refractivity (Wildman–Crippen MR) is 111 cm³/mol. The Morgan fingerprint density at radius 1 is 0.852 bits per heavy atom. The van der Waals surface area contributed by atoms with Crippen molar-refractivity contribution in [3.63, 3.8) is 0 Å². The van der Waals surface area contributed by atoms with E-state index >= 15 is 0 Å². The van der Waals surface area contributed by atoms with E-state index < -0.39 is 0 Å². The molecule has 0 unspecified atom stereocenters. The molecule has 1 aliphatic rings. The summed E-state index contributed by atoms with van der Waals surface area (Å²) in [6.07, 6.45) is 8.59. The van der Waals surface area contributed by atoms with Gasteiger partial charge in [-0.3, -0.25) is 4.68 Å². The van der Waals surface area contributed by atoms with E-state index in [4.69, 9.17) is 0 Å². The summed E-state index contributed by atoms with van der Waals surface area (Å²) >= 11 is 0. The smallest absolute Gasteiger partial charge is 0.128 e. The first-order valence-corrected chi connectivity index (χ1v) is 9.33. The number of anilines is 1.